The quantitative estimate of drug-likeness (QED) is 0.875. The number of hydrogen-bond donors (Lipinski definition) is 2. The Morgan fingerprint density at radius 1 is 1.20 bits per heavy atom. The largest absolute Gasteiger partial charge is 0.444 e. The average Bonchev–Trinajstić information content (AvgIpc) is 2.17. The Kier molecular flexibility index (Phi) is 4.45. The van der Waals surface area contributed by atoms with Crippen LogP contribution in [0.25, 0.3) is 0 Å². The van der Waals surface area contributed by atoms with Gasteiger partial charge in [-0.1, -0.05) is 6.07 Å². The molecule has 0 fully saturated rings. The van der Waals surface area contributed by atoms with E-state index in [1.807, 2.05) is 0 Å². The minimum absolute atomic E-state index is 0.0193. The Labute approximate surface area is 119 Å². The van der Waals surface area contributed by atoms with Crippen molar-refractivity contribution in [1.82, 2.24) is 0 Å². The van der Waals surface area contributed by atoms with E-state index in [1.54, 1.807) is 40.7 Å². The van der Waals surface area contributed by atoms with Crippen molar-refractivity contribution in [2.24, 2.45) is 5.14 Å². The fourth-order valence-electron chi connectivity index (χ4n) is 1.69. The van der Waals surface area contributed by atoms with Gasteiger partial charge in [0.05, 0.1) is 4.90 Å². The lowest BCUT2D eigenvalue weighted by molar-refractivity contribution is 0.0635. The Morgan fingerprint density at radius 2 is 1.75 bits per heavy atom. The first-order valence-electron chi connectivity index (χ1n) is 6.04. The van der Waals surface area contributed by atoms with Crippen LogP contribution in [0.1, 0.15) is 31.9 Å². The summed E-state index contributed by atoms with van der Waals surface area (Å²) >= 11 is 0. The summed E-state index contributed by atoms with van der Waals surface area (Å²) in [6.07, 6.45) is -0.648. The highest BCUT2D eigenvalue weighted by Gasteiger charge is 2.19. The summed E-state index contributed by atoms with van der Waals surface area (Å²) in [5.74, 6) is 0. The highest BCUT2D eigenvalue weighted by atomic mass is 32.2. The predicted octanol–water partition coefficient (Wildman–Crippen LogP) is 2.30. The lowest BCUT2D eigenvalue weighted by atomic mass is 10.1. The molecule has 7 heteroatoms. The van der Waals surface area contributed by atoms with Crippen molar-refractivity contribution in [2.45, 2.75) is 45.1 Å². The Morgan fingerprint density at radius 3 is 2.20 bits per heavy atom. The number of benzene rings is 1. The van der Waals surface area contributed by atoms with Gasteiger partial charge in [0.15, 0.2) is 0 Å². The molecule has 1 aromatic rings. The van der Waals surface area contributed by atoms with Crippen LogP contribution in [0, 0.1) is 13.8 Å². The molecule has 0 aliphatic rings. The number of carbonyl (C=O) groups excluding carboxylic acids is 1. The molecule has 1 amide bonds. The van der Waals surface area contributed by atoms with Gasteiger partial charge in [0.25, 0.3) is 0 Å². The van der Waals surface area contributed by atoms with Crippen molar-refractivity contribution >= 4 is 21.8 Å². The van der Waals surface area contributed by atoms with Gasteiger partial charge in [0.1, 0.15) is 5.60 Å². The van der Waals surface area contributed by atoms with Crippen LogP contribution in [-0.2, 0) is 14.8 Å². The summed E-state index contributed by atoms with van der Waals surface area (Å²) in [7, 11) is -3.84. The molecular formula is C13H20N2O4S. The zero-order valence-electron chi connectivity index (χ0n) is 12.3. The summed E-state index contributed by atoms with van der Waals surface area (Å²) in [6, 6.07) is 2.98. The summed E-state index contributed by atoms with van der Waals surface area (Å²) in [6.45, 7) is 8.62. The van der Waals surface area contributed by atoms with E-state index in [0.717, 1.165) is 5.56 Å². The Hall–Kier alpha value is -1.60. The van der Waals surface area contributed by atoms with E-state index < -0.39 is 21.7 Å². The van der Waals surface area contributed by atoms with E-state index in [2.05, 4.69) is 5.32 Å². The molecule has 112 valence electrons. The van der Waals surface area contributed by atoms with Gasteiger partial charge in [-0.15, -0.1) is 0 Å². The van der Waals surface area contributed by atoms with Crippen molar-refractivity contribution in [3.8, 4) is 0 Å². The summed E-state index contributed by atoms with van der Waals surface area (Å²) in [5.41, 5.74) is 0.972. The Balaban J connectivity index is 3.11. The lowest BCUT2D eigenvalue weighted by Crippen LogP contribution is -2.27. The molecule has 0 saturated heterocycles. The van der Waals surface area contributed by atoms with E-state index in [-0.39, 0.29) is 4.90 Å². The number of carbonyl (C=O) groups is 1. The molecule has 0 aliphatic carbocycles. The number of rotatable bonds is 2. The van der Waals surface area contributed by atoms with Gasteiger partial charge < -0.3 is 4.74 Å². The van der Waals surface area contributed by atoms with Crippen molar-refractivity contribution in [1.29, 1.82) is 0 Å². The number of sulfonamides is 1. The zero-order chi connectivity index (χ0) is 15.7. The predicted molar refractivity (Wildman–Crippen MR) is 77.1 cm³/mol. The molecular weight excluding hydrogens is 280 g/mol. The topological polar surface area (TPSA) is 98.5 Å². The van der Waals surface area contributed by atoms with E-state index in [0.29, 0.717) is 11.3 Å². The number of amides is 1. The standard InChI is InChI=1S/C13H20N2O4S/c1-8-6-9(2)11(20(14,17)18)7-10(8)15-12(16)19-13(3,4)5/h6-7H,1-5H3,(H,15,16)(H2,14,17,18). The van der Waals surface area contributed by atoms with Gasteiger partial charge in [-0.05, 0) is 51.8 Å². The minimum atomic E-state index is -3.84. The van der Waals surface area contributed by atoms with Crippen molar-refractivity contribution in [3.05, 3.63) is 23.3 Å². The third-order valence-electron chi connectivity index (χ3n) is 2.46. The van der Waals surface area contributed by atoms with Gasteiger partial charge in [0.2, 0.25) is 10.0 Å². The molecule has 1 rings (SSSR count). The summed E-state index contributed by atoms with van der Waals surface area (Å²) < 4.78 is 28.1. The molecule has 0 atom stereocenters. The maximum absolute atomic E-state index is 11.7. The molecule has 0 saturated carbocycles. The SMILES string of the molecule is Cc1cc(C)c(S(N)(=O)=O)cc1NC(=O)OC(C)(C)C. The molecule has 0 spiro atoms. The maximum atomic E-state index is 11.7. The Bertz CT molecular complexity index is 631. The molecule has 0 aliphatic heterocycles. The van der Waals surface area contributed by atoms with E-state index in [9.17, 15) is 13.2 Å². The highest BCUT2D eigenvalue weighted by Crippen LogP contribution is 2.24. The molecule has 0 heterocycles. The molecule has 0 unspecified atom stereocenters. The van der Waals surface area contributed by atoms with Gasteiger partial charge in [0, 0.05) is 5.69 Å². The number of ether oxygens (including phenoxy) is 1. The molecule has 6 nitrogen and oxygen atoms in total. The zero-order valence-corrected chi connectivity index (χ0v) is 13.1. The second-order valence-corrected chi connectivity index (χ2v) is 7.13. The lowest BCUT2D eigenvalue weighted by Gasteiger charge is -2.20. The molecule has 1 aromatic carbocycles. The third kappa shape index (κ3) is 4.50. The molecule has 0 radical (unpaired) electrons. The second-order valence-electron chi connectivity index (χ2n) is 5.60. The van der Waals surface area contributed by atoms with Gasteiger partial charge in [-0.25, -0.2) is 18.4 Å². The molecule has 0 aromatic heterocycles. The van der Waals surface area contributed by atoms with E-state index >= 15 is 0 Å². The summed E-state index contributed by atoms with van der Waals surface area (Å²) in [5, 5.41) is 7.66. The van der Waals surface area contributed by atoms with Crippen LogP contribution >= 0.6 is 0 Å². The number of hydrogen-bond acceptors (Lipinski definition) is 4. The summed E-state index contributed by atoms with van der Waals surface area (Å²) in [4.78, 5) is 11.7. The van der Waals surface area contributed by atoms with Crippen LogP contribution in [0.3, 0.4) is 0 Å². The van der Waals surface area contributed by atoms with Gasteiger partial charge >= 0.3 is 6.09 Å². The normalized spacial score (nSPS) is 12.1. The monoisotopic (exact) mass is 300 g/mol. The van der Waals surface area contributed by atoms with E-state index in [1.165, 1.54) is 6.07 Å². The first kappa shape index (κ1) is 16.5. The van der Waals surface area contributed by atoms with Crippen molar-refractivity contribution in [2.75, 3.05) is 5.32 Å². The molecule has 3 N–H and O–H groups in total. The maximum Gasteiger partial charge on any atom is 0.412 e. The second kappa shape index (κ2) is 5.41. The van der Waals surface area contributed by atoms with Crippen LogP contribution in [0.5, 0.6) is 0 Å². The average molecular weight is 300 g/mol. The van der Waals surface area contributed by atoms with Gasteiger partial charge in [-0.3, -0.25) is 5.32 Å². The number of nitrogens with two attached hydrogens (primary N) is 1. The first-order chi connectivity index (χ1) is 8.90. The highest BCUT2D eigenvalue weighted by molar-refractivity contribution is 7.89. The van der Waals surface area contributed by atoms with Crippen molar-refractivity contribution < 1.29 is 17.9 Å². The van der Waals surface area contributed by atoms with Crippen LogP contribution in [0.2, 0.25) is 0 Å². The van der Waals surface area contributed by atoms with Crippen LogP contribution < -0.4 is 10.5 Å². The van der Waals surface area contributed by atoms with Crippen LogP contribution in [-0.4, -0.2) is 20.1 Å². The first-order valence-corrected chi connectivity index (χ1v) is 7.59. The number of anilines is 1. The molecule has 0 bridgehead atoms. The minimum Gasteiger partial charge on any atom is -0.444 e. The van der Waals surface area contributed by atoms with Crippen LogP contribution in [0.15, 0.2) is 17.0 Å². The van der Waals surface area contributed by atoms with Gasteiger partial charge in [-0.2, -0.15) is 0 Å². The number of nitrogens with one attached hydrogen (secondary N) is 1. The smallest absolute Gasteiger partial charge is 0.412 e. The third-order valence-corrected chi connectivity index (χ3v) is 3.52. The fourth-order valence-corrected chi connectivity index (χ4v) is 2.48. The van der Waals surface area contributed by atoms with Crippen LogP contribution in [0.4, 0.5) is 10.5 Å². The number of primary sulfonamides is 1. The number of aryl methyl sites for hydroxylation is 2. The van der Waals surface area contributed by atoms with Crippen molar-refractivity contribution in [3.63, 3.8) is 0 Å². The molecule has 20 heavy (non-hydrogen) atoms. The fraction of sp³-hybridized carbons (Fsp3) is 0.462. The van der Waals surface area contributed by atoms with E-state index in [4.69, 9.17) is 9.88 Å².